The smallest absolute Gasteiger partial charge is 0.240 e. The Morgan fingerprint density at radius 3 is 2.37 bits per heavy atom. The number of fused-ring (bicyclic) bond motifs is 2. The minimum atomic E-state index is -3.49. The van der Waals surface area contributed by atoms with E-state index in [1.807, 2.05) is 49.4 Å². The molecular weight excluding hydrogens is 420 g/mol. The van der Waals surface area contributed by atoms with Crippen molar-refractivity contribution in [2.75, 3.05) is 17.6 Å². The van der Waals surface area contributed by atoms with Crippen molar-refractivity contribution in [1.29, 1.82) is 0 Å². The predicted molar refractivity (Wildman–Crippen MR) is 126 cm³/mol. The monoisotopic (exact) mass is 442 g/mol. The second kappa shape index (κ2) is 8.87. The molecule has 30 heavy (non-hydrogen) atoms. The van der Waals surface area contributed by atoms with Crippen LogP contribution >= 0.6 is 12.4 Å². The minimum Gasteiger partial charge on any atom is -0.399 e. The quantitative estimate of drug-likeness (QED) is 0.293. The summed E-state index contributed by atoms with van der Waals surface area (Å²) in [5, 5.41) is 5.36. The zero-order valence-corrected chi connectivity index (χ0v) is 18.1. The number of nitrogen functional groups attached to an aromatic ring is 1. The zero-order chi connectivity index (χ0) is 20.4. The van der Waals surface area contributed by atoms with Gasteiger partial charge in [0, 0.05) is 28.7 Å². The molecule has 0 amide bonds. The van der Waals surface area contributed by atoms with Crippen LogP contribution < -0.4 is 15.8 Å². The highest BCUT2D eigenvalue weighted by Crippen LogP contribution is 2.34. The van der Waals surface area contributed by atoms with Crippen molar-refractivity contribution in [1.82, 2.24) is 9.71 Å². The third-order valence-corrected chi connectivity index (χ3v) is 6.16. The molecule has 0 aliphatic heterocycles. The summed E-state index contributed by atoms with van der Waals surface area (Å²) in [4.78, 5) is 4.95. The van der Waals surface area contributed by atoms with Gasteiger partial charge in [-0.15, -0.1) is 12.4 Å². The van der Waals surface area contributed by atoms with Gasteiger partial charge in [-0.05, 0) is 55.0 Å². The highest BCUT2D eigenvalue weighted by atomic mass is 35.5. The average molecular weight is 443 g/mol. The maximum absolute atomic E-state index is 12.3. The summed E-state index contributed by atoms with van der Waals surface area (Å²) in [7, 11) is -3.49. The fourth-order valence-corrected chi connectivity index (χ4v) is 4.36. The van der Waals surface area contributed by atoms with Gasteiger partial charge in [-0.1, -0.05) is 25.1 Å². The molecule has 156 valence electrons. The molecule has 1 heterocycles. The molecule has 8 heteroatoms. The molecule has 0 radical (unpaired) electrons. The van der Waals surface area contributed by atoms with Crippen LogP contribution in [0.15, 0.2) is 71.6 Å². The number of nitrogens with two attached hydrogens (primary N) is 1. The molecule has 4 N–H and O–H groups in total. The maximum Gasteiger partial charge on any atom is 0.240 e. The SMILES string of the molecule is CCCNS(=O)(=O)c1ccc(Nc2c3ccccc3nc3cc(N)ccc23)cc1.Cl. The van der Waals surface area contributed by atoms with Crippen molar-refractivity contribution in [2.24, 2.45) is 0 Å². The first-order chi connectivity index (χ1) is 14.0. The maximum atomic E-state index is 12.3. The Kier molecular flexibility index (Phi) is 6.45. The molecule has 6 nitrogen and oxygen atoms in total. The third kappa shape index (κ3) is 4.33. The van der Waals surface area contributed by atoms with Crippen LogP contribution in [0.3, 0.4) is 0 Å². The molecule has 3 aromatic carbocycles. The van der Waals surface area contributed by atoms with Crippen LogP contribution in [0.1, 0.15) is 13.3 Å². The van der Waals surface area contributed by atoms with Gasteiger partial charge in [0.2, 0.25) is 10.0 Å². The van der Waals surface area contributed by atoms with Crippen LogP contribution in [0.4, 0.5) is 17.1 Å². The first-order valence-electron chi connectivity index (χ1n) is 9.42. The van der Waals surface area contributed by atoms with Crippen LogP contribution in [0, 0.1) is 0 Å². The summed E-state index contributed by atoms with van der Waals surface area (Å²) in [6, 6.07) is 20.2. The number of benzene rings is 3. The van der Waals surface area contributed by atoms with E-state index in [0.29, 0.717) is 12.2 Å². The highest BCUT2D eigenvalue weighted by Gasteiger charge is 2.14. The topological polar surface area (TPSA) is 97.1 Å². The Bertz CT molecular complexity index is 1290. The molecule has 0 aliphatic rings. The van der Waals surface area contributed by atoms with E-state index in [0.717, 1.165) is 39.6 Å². The van der Waals surface area contributed by atoms with E-state index in [1.165, 1.54) is 0 Å². The van der Waals surface area contributed by atoms with Gasteiger partial charge in [0.1, 0.15) is 0 Å². The van der Waals surface area contributed by atoms with Gasteiger partial charge in [-0.2, -0.15) is 0 Å². The molecule has 0 unspecified atom stereocenters. The van der Waals surface area contributed by atoms with E-state index in [9.17, 15) is 8.42 Å². The lowest BCUT2D eigenvalue weighted by molar-refractivity contribution is 0.581. The molecule has 0 atom stereocenters. The van der Waals surface area contributed by atoms with Crippen LogP contribution in [0.5, 0.6) is 0 Å². The molecule has 4 aromatic rings. The standard InChI is InChI=1S/C22H22N4O2S.ClH/c1-2-13-24-29(27,28)17-10-8-16(9-11-17)25-22-18-5-3-4-6-20(18)26-21-14-15(23)7-12-19(21)22;/h3-12,14,24H,2,13,23H2,1H3,(H,25,26);1H. The van der Waals surface area contributed by atoms with Gasteiger partial charge in [0.15, 0.2) is 0 Å². The fraction of sp³-hybridized carbons (Fsp3) is 0.136. The number of nitrogens with zero attached hydrogens (tertiary/aromatic N) is 1. The molecular formula is C22H23ClN4O2S. The molecule has 1 aromatic heterocycles. The predicted octanol–water partition coefficient (Wildman–Crippen LogP) is 4.82. The van der Waals surface area contributed by atoms with Crippen LogP contribution in [-0.4, -0.2) is 19.9 Å². The normalized spacial score (nSPS) is 11.4. The number of anilines is 3. The van der Waals surface area contributed by atoms with Crippen molar-refractivity contribution >= 4 is 61.3 Å². The fourth-order valence-electron chi connectivity index (χ4n) is 3.23. The number of hydrogen-bond donors (Lipinski definition) is 3. The van der Waals surface area contributed by atoms with Gasteiger partial charge in [0.05, 0.1) is 21.6 Å². The summed E-state index contributed by atoms with van der Waals surface area (Å²) in [6.07, 6.45) is 0.742. The number of pyridine rings is 1. The number of halogens is 1. The summed E-state index contributed by atoms with van der Waals surface area (Å²) in [5.41, 5.74) is 9.94. The average Bonchev–Trinajstić information content (AvgIpc) is 2.72. The molecule has 0 saturated carbocycles. The van der Waals surface area contributed by atoms with Crippen molar-refractivity contribution in [3.63, 3.8) is 0 Å². The molecule has 0 bridgehead atoms. The lowest BCUT2D eigenvalue weighted by Crippen LogP contribution is -2.24. The summed E-state index contributed by atoms with van der Waals surface area (Å²) < 4.78 is 27.2. The summed E-state index contributed by atoms with van der Waals surface area (Å²) in [6.45, 7) is 2.34. The Morgan fingerprint density at radius 1 is 0.933 bits per heavy atom. The molecule has 0 spiro atoms. The van der Waals surface area contributed by atoms with Crippen molar-refractivity contribution in [3.05, 3.63) is 66.7 Å². The lowest BCUT2D eigenvalue weighted by Gasteiger charge is -2.14. The number of para-hydroxylation sites is 1. The Morgan fingerprint density at radius 2 is 1.63 bits per heavy atom. The van der Waals surface area contributed by atoms with Crippen molar-refractivity contribution in [2.45, 2.75) is 18.2 Å². The van der Waals surface area contributed by atoms with E-state index in [-0.39, 0.29) is 17.3 Å². The van der Waals surface area contributed by atoms with Crippen LogP contribution in [0.2, 0.25) is 0 Å². The third-order valence-electron chi connectivity index (χ3n) is 4.68. The Balaban J connectivity index is 0.00000256. The van der Waals surface area contributed by atoms with E-state index in [1.54, 1.807) is 24.3 Å². The van der Waals surface area contributed by atoms with E-state index >= 15 is 0 Å². The number of aromatic nitrogens is 1. The molecule has 0 fully saturated rings. The van der Waals surface area contributed by atoms with Gasteiger partial charge in [-0.25, -0.2) is 18.1 Å². The second-order valence-electron chi connectivity index (χ2n) is 6.83. The highest BCUT2D eigenvalue weighted by molar-refractivity contribution is 7.89. The number of rotatable bonds is 6. The number of sulfonamides is 1. The lowest BCUT2D eigenvalue weighted by atomic mass is 10.1. The van der Waals surface area contributed by atoms with E-state index in [2.05, 4.69) is 10.0 Å². The molecule has 0 aliphatic carbocycles. The Hall–Kier alpha value is -2.87. The summed E-state index contributed by atoms with van der Waals surface area (Å²) >= 11 is 0. The second-order valence-corrected chi connectivity index (χ2v) is 8.59. The van der Waals surface area contributed by atoms with E-state index in [4.69, 9.17) is 10.7 Å². The first-order valence-corrected chi connectivity index (χ1v) is 10.9. The minimum absolute atomic E-state index is 0. The van der Waals surface area contributed by atoms with Gasteiger partial charge in [0.25, 0.3) is 0 Å². The zero-order valence-electron chi connectivity index (χ0n) is 16.4. The van der Waals surface area contributed by atoms with Gasteiger partial charge < -0.3 is 11.1 Å². The first kappa shape index (κ1) is 21.8. The van der Waals surface area contributed by atoms with Crippen molar-refractivity contribution in [3.8, 4) is 0 Å². The Labute approximate surface area is 182 Å². The molecule has 4 rings (SSSR count). The number of nitrogens with one attached hydrogen (secondary N) is 2. The summed E-state index contributed by atoms with van der Waals surface area (Å²) in [5.74, 6) is 0. The number of hydrogen-bond acceptors (Lipinski definition) is 5. The van der Waals surface area contributed by atoms with Crippen molar-refractivity contribution < 1.29 is 8.42 Å². The van der Waals surface area contributed by atoms with Gasteiger partial charge in [-0.3, -0.25) is 0 Å². The van der Waals surface area contributed by atoms with Crippen LogP contribution in [-0.2, 0) is 10.0 Å². The van der Waals surface area contributed by atoms with Crippen LogP contribution in [0.25, 0.3) is 21.8 Å². The largest absolute Gasteiger partial charge is 0.399 e. The van der Waals surface area contributed by atoms with Gasteiger partial charge >= 0.3 is 0 Å². The van der Waals surface area contributed by atoms with E-state index < -0.39 is 10.0 Å². The molecule has 0 saturated heterocycles.